The monoisotopic (exact) mass is 281 g/mol. The van der Waals surface area contributed by atoms with Gasteiger partial charge in [-0.15, -0.1) is 0 Å². The van der Waals surface area contributed by atoms with Crippen molar-refractivity contribution >= 4 is 5.97 Å². The van der Waals surface area contributed by atoms with Crippen LogP contribution in [0.15, 0.2) is 24.3 Å². The number of esters is 1. The highest BCUT2D eigenvalue weighted by atomic mass is 16.5. The molecule has 2 N–H and O–H groups in total. The highest BCUT2D eigenvalue weighted by molar-refractivity contribution is 5.69. The van der Waals surface area contributed by atoms with Gasteiger partial charge in [0.1, 0.15) is 5.75 Å². The molecule has 0 saturated heterocycles. The second-order valence-corrected chi connectivity index (χ2v) is 4.57. The third-order valence-electron chi connectivity index (χ3n) is 2.98. The summed E-state index contributed by atoms with van der Waals surface area (Å²) in [7, 11) is 1.63. The van der Waals surface area contributed by atoms with E-state index in [-0.39, 0.29) is 18.4 Å². The van der Waals surface area contributed by atoms with E-state index in [1.165, 1.54) is 0 Å². The summed E-state index contributed by atoms with van der Waals surface area (Å²) in [6.45, 7) is 4.42. The molecular formula is C15H23NO4. The number of carbonyl (C=O) groups is 1. The number of benzene rings is 1. The van der Waals surface area contributed by atoms with Crippen molar-refractivity contribution < 1.29 is 19.4 Å². The molecule has 1 aromatic carbocycles. The van der Waals surface area contributed by atoms with Gasteiger partial charge in [-0.25, -0.2) is 0 Å². The first-order valence-corrected chi connectivity index (χ1v) is 6.77. The molecule has 0 spiro atoms. The van der Waals surface area contributed by atoms with Crippen LogP contribution in [0.5, 0.6) is 5.75 Å². The third kappa shape index (κ3) is 5.59. The second-order valence-electron chi connectivity index (χ2n) is 4.57. The van der Waals surface area contributed by atoms with Gasteiger partial charge in [0.15, 0.2) is 0 Å². The molecule has 1 aromatic rings. The third-order valence-corrected chi connectivity index (χ3v) is 2.98. The number of rotatable bonds is 8. The van der Waals surface area contributed by atoms with E-state index in [1.807, 2.05) is 31.2 Å². The van der Waals surface area contributed by atoms with Crippen molar-refractivity contribution in [2.24, 2.45) is 0 Å². The van der Waals surface area contributed by atoms with Crippen LogP contribution < -0.4 is 10.1 Å². The van der Waals surface area contributed by atoms with Crippen LogP contribution >= 0.6 is 0 Å². The first kappa shape index (κ1) is 16.5. The molecule has 0 bridgehead atoms. The van der Waals surface area contributed by atoms with Gasteiger partial charge >= 0.3 is 5.97 Å². The maximum absolute atomic E-state index is 11.2. The number of aliphatic hydroxyl groups is 1. The number of ether oxygens (including phenoxy) is 2. The second kappa shape index (κ2) is 8.55. The first-order valence-electron chi connectivity index (χ1n) is 6.77. The molecule has 1 rings (SSSR count). The van der Waals surface area contributed by atoms with Gasteiger partial charge in [-0.1, -0.05) is 12.1 Å². The number of carbonyl (C=O) groups excluding carboxylic acids is 1. The van der Waals surface area contributed by atoms with E-state index in [0.29, 0.717) is 13.2 Å². The van der Waals surface area contributed by atoms with Crippen molar-refractivity contribution in [2.75, 3.05) is 20.3 Å². The van der Waals surface area contributed by atoms with Crippen LogP contribution in [-0.4, -0.2) is 37.4 Å². The Morgan fingerprint density at radius 2 is 2.00 bits per heavy atom. The van der Waals surface area contributed by atoms with Crippen molar-refractivity contribution in [1.29, 1.82) is 0 Å². The Bertz CT molecular complexity index is 405. The fraction of sp³-hybridized carbons (Fsp3) is 0.533. The molecule has 0 aromatic heterocycles. The Balaban J connectivity index is 2.37. The van der Waals surface area contributed by atoms with E-state index in [4.69, 9.17) is 9.47 Å². The molecule has 0 radical (unpaired) electrons. The summed E-state index contributed by atoms with van der Waals surface area (Å²) in [6.07, 6.45) is -0.731. The van der Waals surface area contributed by atoms with Gasteiger partial charge < -0.3 is 19.9 Å². The SMILES string of the molecule is CCOC(=O)CC(O)CN[C@@H](C)c1ccc(OC)cc1. The summed E-state index contributed by atoms with van der Waals surface area (Å²) in [5, 5.41) is 12.9. The number of nitrogens with one attached hydrogen (secondary N) is 1. The molecular weight excluding hydrogens is 258 g/mol. The van der Waals surface area contributed by atoms with Crippen molar-refractivity contribution in [3.8, 4) is 5.75 Å². The summed E-state index contributed by atoms with van der Waals surface area (Å²) in [6, 6.07) is 7.80. The van der Waals surface area contributed by atoms with E-state index in [1.54, 1.807) is 14.0 Å². The summed E-state index contributed by atoms with van der Waals surface area (Å²) in [5.74, 6) is 0.433. The summed E-state index contributed by atoms with van der Waals surface area (Å²) in [4.78, 5) is 11.2. The average Bonchev–Trinajstić information content (AvgIpc) is 2.45. The average molecular weight is 281 g/mol. The lowest BCUT2D eigenvalue weighted by Gasteiger charge is -2.17. The molecule has 0 aliphatic heterocycles. The maximum atomic E-state index is 11.2. The minimum atomic E-state index is -0.741. The number of hydrogen-bond donors (Lipinski definition) is 2. The predicted octanol–water partition coefficient (Wildman–Crippen LogP) is 1.66. The van der Waals surface area contributed by atoms with Crippen LogP contribution in [-0.2, 0) is 9.53 Å². The fourth-order valence-corrected chi connectivity index (χ4v) is 1.81. The first-order chi connectivity index (χ1) is 9.56. The Morgan fingerprint density at radius 1 is 1.35 bits per heavy atom. The predicted molar refractivity (Wildman–Crippen MR) is 76.7 cm³/mol. The standard InChI is InChI=1S/C15H23NO4/c1-4-20-15(18)9-13(17)10-16-11(2)12-5-7-14(19-3)8-6-12/h5-8,11,13,16-17H,4,9-10H2,1-3H3/t11-,13?/m0/s1. The zero-order valence-corrected chi connectivity index (χ0v) is 12.3. The largest absolute Gasteiger partial charge is 0.497 e. The zero-order chi connectivity index (χ0) is 15.0. The molecule has 0 aliphatic rings. The van der Waals surface area contributed by atoms with Crippen molar-refractivity contribution in [3.05, 3.63) is 29.8 Å². The number of aliphatic hydroxyl groups excluding tert-OH is 1. The normalized spacial score (nSPS) is 13.6. The Labute approximate surface area is 119 Å². The Morgan fingerprint density at radius 3 is 2.55 bits per heavy atom. The van der Waals surface area contributed by atoms with Gasteiger partial charge in [0, 0.05) is 12.6 Å². The number of methoxy groups -OCH3 is 1. The van der Waals surface area contributed by atoms with Gasteiger partial charge in [0.2, 0.25) is 0 Å². The lowest BCUT2D eigenvalue weighted by atomic mass is 10.1. The maximum Gasteiger partial charge on any atom is 0.308 e. The summed E-state index contributed by atoms with van der Waals surface area (Å²) >= 11 is 0. The molecule has 0 saturated carbocycles. The van der Waals surface area contributed by atoms with E-state index >= 15 is 0 Å². The van der Waals surface area contributed by atoms with Crippen LogP contribution in [0.2, 0.25) is 0 Å². The fourth-order valence-electron chi connectivity index (χ4n) is 1.81. The lowest BCUT2D eigenvalue weighted by Crippen LogP contribution is -2.31. The Kier molecular flexibility index (Phi) is 7.04. The van der Waals surface area contributed by atoms with E-state index in [2.05, 4.69) is 5.32 Å². The van der Waals surface area contributed by atoms with Gasteiger partial charge in [0.05, 0.1) is 26.2 Å². The Hall–Kier alpha value is -1.59. The van der Waals surface area contributed by atoms with E-state index < -0.39 is 6.10 Å². The van der Waals surface area contributed by atoms with Crippen molar-refractivity contribution in [3.63, 3.8) is 0 Å². The number of hydrogen-bond acceptors (Lipinski definition) is 5. The van der Waals surface area contributed by atoms with Gasteiger partial charge in [0.25, 0.3) is 0 Å². The van der Waals surface area contributed by atoms with Gasteiger partial charge in [-0.2, -0.15) is 0 Å². The molecule has 5 heteroatoms. The van der Waals surface area contributed by atoms with Crippen LogP contribution in [0.3, 0.4) is 0 Å². The smallest absolute Gasteiger partial charge is 0.308 e. The topological polar surface area (TPSA) is 67.8 Å². The van der Waals surface area contributed by atoms with Gasteiger partial charge in [-0.3, -0.25) is 4.79 Å². The van der Waals surface area contributed by atoms with Crippen molar-refractivity contribution in [1.82, 2.24) is 5.32 Å². The highest BCUT2D eigenvalue weighted by Crippen LogP contribution is 2.17. The molecule has 0 fully saturated rings. The molecule has 112 valence electrons. The van der Waals surface area contributed by atoms with Crippen LogP contribution in [0.25, 0.3) is 0 Å². The molecule has 5 nitrogen and oxygen atoms in total. The molecule has 2 atom stereocenters. The van der Waals surface area contributed by atoms with Crippen molar-refractivity contribution in [2.45, 2.75) is 32.4 Å². The quantitative estimate of drug-likeness (QED) is 0.709. The minimum absolute atomic E-state index is 0.0101. The van der Waals surface area contributed by atoms with Crippen LogP contribution in [0.1, 0.15) is 31.9 Å². The minimum Gasteiger partial charge on any atom is -0.497 e. The van der Waals surface area contributed by atoms with Crippen LogP contribution in [0.4, 0.5) is 0 Å². The molecule has 20 heavy (non-hydrogen) atoms. The highest BCUT2D eigenvalue weighted by Gasteiger charge is 2.13. The van der Waals surface area contributed by atoms with E-state index in [0.717, 1.165) is 11.3 Å². The summed E-state index contributed by atoms with van der Waals surface area (Å²) in [5.41, 5.74) is 1.09. The van der Waals surface area contributed by atoms with E-state index in [9.17, 15) is 9.90 Å². The molecule has 1 unspecified atom stereocenters. The zero-order valence-electron chi connectivity index (χ0n) is 12.3. The lowest BCUT2D eigenvalue weighted by molar-refractivity contribution is -0.145. The van der Waals surface area contributed by atoms with Gasteiger partial charge in [-0.05, 0) is 31.5 Å². The molecule has 0 aliphatic carbocycles. The van der Waals surface area contributed by atoms with Crippen LogP contribution in [0, 0.1) is 0 Å². The summed E-state index contributed by atoms with van der Waals surface area (Å²) < 4.78 is 9.89. The molecule has 0 heterocycles. The molecule has 0 amide bonds.